The first-order valence-electron chi connectivity index (χ1n) is 6.98. The fraction of sp³-hybridized carbons (Fsp3) is 0.333. The maximum Gasteiger partial charge on any atom is 0.225 e. The minimum Gasteiger partial charge on any atom is -0.353 e. The van der Waals surface area contributed by atoms with Crippen LogP contribution in [0, 0.1) is 0 Å². The average Bonchev–Trinajstić information content (AvgIpc) is 2.56. The molecule has 1 aliphatic rings. The summed E-state index contributed by atoms with van der Waals surface area (Å²) < 4.78 is 0. The lowest BCUT2D eigenvalue weighted by atomic mass is 10.2. The molecule has 0 aliphatic carbocycles. The Bertz CT molecular complexity index is 623. The first-order chi connectivity index (χ1) is 10.2. The zero-order valence-corrected chi connectivity index (χ0v) is 11.9. The molecule has 2 aromatic heterocycles. The third-order valence-corrected chi connectivity index (χ3v) is 3.59. The average molecular weight is 283 g/mol. The number of anilines is 2. The number of ketones is 1. The fourth-order valence-electron chi connectivity index (χ4n) is 2.40. The van der Waals surface area contributed by atoms with Gasteiger partial charge in [0, 0.05) is 50.3 Å². The van der Waals surface area contributed by atoms with E-state index < -0.39 is 0 Å². The Labute approximate surface area is 123 Å². The van der Waals surface area contributed by atoms with Crippen molar-refractivity contribution >= 4 is 17.5 Å². The van der Waals surface area contributed by atoms with Crippen LogP contribution in [0.1, 0.15) is 17.3 Å². The van der Waals surface area contributed by atoms with Crippen LogP contribution >= 0.6 is 0 Å². The van der Waals surface area contributed by atoms with Gasteiger partial charge < -0.3 is 9.80 Å². The highest BCUT2D eigenvalue weighted by molar-refractivity contribution is 5.94. The highest BCUT2D eigenvalue weighted by Gasteiger charge is 2.20. The molecule has 6 heteroatoms. The fourth-order valence-corrected chi connectivity index (χ4v) is 2.40. The number of hydrogen-bond donors (Lipinski definition) is 0. The molecule has 2 aromatic rings. The predicted octanol–water partition coefficient (Wildman–Crippen LogP) is 1.40. The van der Waals surface area contributed by atoms with Crippen LogP contribution in [0.4, 0.5) is 11.8 Å². The molecule has 0 atom stereocenters. The molecule has 0 aromatic carbocycles. The molecular weight excluding hydrogens is 266 g/mol. The van der Waals surface area contributed by atoms with Gasteiger partial charge in [0.2, 0.25) is 5.95 Å². The van der Waals surface area contributed by atoms with E-state index in [1.165, 1.54) is 0 Å². The summed E-state index contributed by atoms with van der Waals surface area (Å²) >= 11 is 0. The van der Waals surface area contributed by atoms with Gasteiger partial charge >= 0.3 is 0 Å². The molecule has 0 unspecified atom stereocenters. The Morgan fingerprint density at radius 2 is 1.67 bits per heavy atom. The van der Waals surface area contributed by atoms with Crippen molar-refractivity contribution in [2.45, 2.75) is 6.92 Å². The van der Waals surface area contributed by atoms with Crippen LogP contribution in [0.3, 0.4) is 0 Å². The van der Waals surface area contributed by atoms with Crippen molar-refractivity contribution in [2.75, 3.05) is 36.0 Å². The van der Waals surface area contributed by atoms with Gasteiger partial charge in [0.15, 0.2) is 5.78 Å². The van der Waals surface area contributed by atoms with Crippen LogP contribution in [-0.2, 0) is 0 Å². The summed E-state index contributed by atoms with van der Waals surface area (Å²) in [5, 5.41) is 0. The number of carbonyl (C=O) groups excluding carboxylic acids is 1. The van der Waals surface area contributed by atoms with Crippen molar-refractivity contribution in [1.82, 2.24) is 15.0 Å². The van der Waals surface area contributed by atoms with Crippen molar-refractivity contribution in [3.05, 3.63) is 42.4 Å². The van der Waals surface area contributed by atoms with Gasteiger partial charge in [-0.05, 0) is 25.1 Å². The highest BCUT2D eigenvalue weighted by atomic mass is 16.1. The summed E-state index contributed by atoms with van der Waals surface area (Å²) in [6.45, 7) is 4.94. The summed E-state index contributed by atoms with van der Waals surface area (Å²) in [5.74, 6) is 1.69. The van der Waals surface area contributed by atoms with Crippen LogP contribution in [0.2, 0.25) is 0 Å². The summed E-state index contributed by atoms with van der Waals surface area (Å²) in [6.07, 6.45) is 5.21. The van der Waals surface area contributed by atoms with E-state index >= 15 is 0 Å². The number of carbonyl (C=O) groups is 1. The van der Waals surface area contributed by atoms with Gasteiger partial charge in [0.05, 0.1) is 0 Å². The summed E-state index contributed by atoms with van der Waals surface area (Å²) in [5.41, 5.74) is 0.703. The van der Waals surface area contributed by atoms with Crippen molar-refractivity contribution in [1.29, 1.82) is 0 Å². The number of piperazine rings is 1. The van der Waals surface area contributed by atoms with Gasteiger partial charge in [0.1, 0.15) is 5.82 Å². The monoisotopic (exact) mass is 283 g/mol. The Morgan fingerprint density at radius 3 is 2.33 bits per heavy atom. The molecule has 21 heavy (non-hydrogen) atoms. The number of aromatic nitrogens is 3. The van der Waals surface area contributed by atoms with E-state index in [9.17, 15) is 4.79 Å². The first kappa shape index (κ1) is 13.5. The predicted molar refractivity (Wildman–Crippen MR) is 80.7 cm³/mol. The second-order valence-corrected chi connectivity index (χ2v) is 4.98. The molecule has 0 spiro atoms. The minimum atomic E-state index is 0.0648. The smallest absolute Gasteiger partial charge is 0.225 e. The summed E-state index contributed by atoms with van der Waals surface area (Å²) in [4.78, 5) is 28.7. The highest BCUT2D eigenvalue weighted by Crippen LogP contribution is 2.17. The lowest BCUT2D eigenvalue weighted by Gasteiger charge is -2.35. The second kappa shape index (κ2) is 5.87. The van der Waals surface area contributed by atoms with E-state index in [1.807, 2.05) is 12.1 Å². The van der Waals surface area contributed by atoms with Crippen LogP contribution < -0.4 is 9.80 Å². The number of pyridine rings is 1. The molecular formula is C15H17N5O. The third kappa shape index (κ3) is 2.99. The van der Waals surface area contributed by atoms with Crippen LogP contribution in [-0.4, -0.2) is 46.9 Å². The van der Waals surface area contributed by atoms with E-state index in [2.05, 4.69) is 24.8 Å². The maximum atomic E-state index is 11.4. The van der Waals surface area contributed by atoms with Gasteiger partial charge in [-0.3, -0.25) is 4.79 Å². The lowest BCUT2D eigenvalue weighted by molar-refractivity contribution is 0.101. The van der Waals surface area contributed by atoms with Crippen LogP contribution in [0.5, 0.6) is 0 Å². The van der Waals surface area contributed by atoms with E-state index in [1.54, 1.807) is 31.6 Å². The molecule has 1 fully saturated rings. The quantitative estimate of drug-likeness (QED) is 0.794. The van der Waals surface area contributed by atoms with E-state index in [0.29, 0.717) is 5.56 Å². The Balaban J connectivity index is 1.68. The van der Waals surface area contributed by atoms with Crippen molar-refractivity contribution < 1.29 is 4.79 Å². The molecule has 1 aliphatic heterocycles. The Kier molecular flexibility index (Phi) is 3.77. The number of nitrogens with zero attached hydrogens (tertiary/aromatic N) is 5. The first-order valence-corrected chi connectivity index (χ1v) is 6.98. The van der Waals surface area contributed by atoms with Gasteiger partial charge in [-0.25, -0.2) is 15.0 Å². The maximum absolute atomic E-state index is 11.4. The van der Waals surface area contributed by atoms with Crippen LogP contribution in [0.15, 0.2) is 36.8 Å². The van der Waals surface area contributed by atoms with Gasteiger partial charge in [-0.2, -0.15) is 0 Å². The topological polar surface area (TPSA) is 62.2 Å². The standard InChI is InChI=1S/C15H17N5O/c1-12(21)13-3-6-16-14(11-13)19-7-9-20(10-8-19)15-17-4-2-5-18-15/h2-6,11H,7-10H2,1H3. The zero-order valence-electron chi connectivity index (χ0n) is 11.9. The molecule has 6 nitrogen and oxygen atoms in total. The molecule has 0 saturated carbocycles. The zero-order chi connectivity index (χ0) is 14.7. The van der Waals surface area contributed by atoms with Gasteiger partial charge in [-0.15, -0.1) is 0 Å². The number of rotatable bonds is 3. The number of Topliss-reactive ketones (excluding diaryl/α,β-unsaturated/α-hetero) is 1. The van der Waals surface area contributed by atoms with Crippen molar-refractivity contribution in [3.63, 3.8) is 0 Å². The molecule has 0 amide bonds. The SMILES string of the molecule is CC(=O)c1ccnc(N2CCN(c3ncccn3)CC2)c1. The van der Waals surface area contributed by atoms with E-state index in [4.69, 9.17) is 0 Å². The largest absolute Gasteiger partial charge is 0.353 e. The molecule has 0 N–H and O–H groups in total. The normalized spacial score (nSPS) is 15.1. The van der Waals surface area contributed by atoms with Gasteiger partial charge in [-0.1, -0.05) is 0 Å². The summed E-state index contributed by atoms with van der Waals surface area (Å²) in [7, 11) is 0. The molecule has 0 radical (unpaired) electrons. The molecule has 3 rings (SSSR count). The van der Waals surface area contributed by atoms with Gasteiger partial charge in [0.25, 0.3) is 0 Å². The summed E-state index contributed by atoms with van der Waals surface area (Å²) in [6, 6.07) is 5.42. The minimum absolute atomic E-state index is 0.0648. The Morgan fingerprint density at radius 1 is 1.00 bits per heavy atom. The number of hydrogen-bond acceptors (Lipinski definition) is 6. The molecule has 1 saturated heterocycles. The molecule has 0 bridgehead atoms. The third-order valence-electron chi connectivity index (χ3n) is 3.59. The van der Waals surface area contributed by atoms with E-state index in [0.717, 1.165) is 37.9 Å². The van der Waals surface area contributed by atoms with Crippen molar-refractivity contribution in [3.8, 4) is 0 Å². The van der Waals surface area contributed by atoms with Crippen molar-refractivity contribution in [2.24, 2.45) is 0 Å². The van der Waals surface area contributed by atoms with E-state index in [-0.39, 0.29) is 5.78 Å². The lowest BCUT2D eigenvalue weighted by Crippen LogP contribution is -2.47. The Hall–Kier alpha value is -2.50. The second-order valence-electron chi connectivity index (χ2n) is 4.98. The molecule has 108 valence electrons. The van der Waals surface area contributed by atoms with Crippen LogP contribution in [0.25, 0.3) is 0 Å². The molecule has 3 heterocycles.